The SMILES string of the molecule is CC1=C(c2nc3c(o2)CCCC3)C(=O)N2NC(C(F)(F)F)C(c3cccc(C)c3)C2N1. The van der Waals surface area contributed by atoms with Gasteiger partial charge in [-0.3, -0.25) is 4.79 Å². The van der Waals surface area contributed by atoms with Crippen molar-refractivity contribution >= 4 is 11.5 Å². The third kappa shape index (κ3) is 3.31. The Morgan fingerprint density at radius 1 is 1.19 bits per heavy atom. The number of nitrogens with one attached hydrogen (secondary N) is 2. The average Bonchev–Trinajstić information content (AvgIpc) is 3.29. The molecule has 9 heteroatoms. The van der Waals surface area contributed by atoms with E-state index in [0.717, 1.165) is 47.7 Å². The summed E-state index contributed by atoms with van der Waals surface area (Å²) in [5.41, 5.74) is 5.27. The molecule has 5 rings (SSSR count). The van der Waals surface area contributed by atoms with Crippen LogP contribution in [0.1, 0.15) is 54.2 Å². The van der Waals surface area contributed by atoms with E-state index >= 15 is 0 Å². The van der Waals surface area contributed by atoms with Crippen molar-refractivity contribution in [2.75, 3.05) is 0 Å². The minimum Gasteiger partial charge on any atom is -0.441 e. The van der Waals surface area contributed by atoms with E-state index in [9.17, 15) is 18.0 Å². The maximum absolute atomic E-state index is 14.0. The molecule has 164 valence electrons. The summed E-state index contributed by atoms with van der Waals surface area (Å²) in [6, 6.07) is 5.07. The van der Waals surface area contributed by atoms with Gasteiger partial charge in [-0.05, 0) is 38.7 Å². The summed E-state index contributed by atoms with van der Waals surface area (Å²) in [6.07, 6.45) is -1.88. The summed E-state index contributed by atoms with van der Waals surface area (Å²) in [4.78, 5) is 17.8. The standard InChI is InChI=1S/C22H23F3N4O2/c1-11-6-5-7-13(10-11)17-18(22(23,24)25)28-29-19(17)26-12(2)16(21(29)30)20-27-14-8-3-4-9-15(14)31-20/h5-7,10,17-19,26,28H,3-4,8-9H2,1-2H3. The van der Waals surface area contributed by atoms with E-state index in [4.69, 9.17) is 4.42 Å². The van der Waals surface area contributed by atoms with Gasteiger partial charge in [0.2, 0.25) is 5.89 Å². The molecule has 0 spiro atoms. The van der Waals surface area contributed by atoms with Crippen molar-refractivity contribution in [2.24, 2.45) is 0 Å². The number of oxazole rings is 1. The fraction of sp³-hybridized carbons (Fsp3) is 0.455. The smallest absolute Gasteiger partial charge is 0.406 e. The lowest BCUT2D eigenvalue weighted by Gasteiger charge is -2.34. The zero-order valence-corrected chi connectivity index (χ0v) is 17.2. The number of aromatic nitrogens is 1. The van der Waals surface area contributed by atoms with Crippen molar-refractivity contribution in [3.05, 3.63) is 58.4 Å². The number of alkyl halides is 3. The maximum atomic E-state index is 14.0. The van der Waals surface area contributed by atoms with Crippen LogP contribution < -0.4 is 10.7 Å². The van der Waals surface area contributed by atoms with Crippen molar-refractivity contribution in [3.63, 3.8) is 0 Å². The molecule has 1 fully saturated rings. The molecule has 2 N–H and O–H groups in total. The lowest BCUT2D eigenvalue weighted by Crippen LogP contribution is -2.54. The van der Waals surface area contributed by atoms with Crippen LogP contribution in [0, 0.1) is 6.92 Å². The summed E-state index contributed by atoms with van der Waals surface area (Å²) < 4.78 is 47.7. The van der Waals surface area contributed by atoms with E-state index in [1.165, 1.54) is 0 Å². The number of nitrogens with zero attached hydrogens (tertiary/aromatic N) is 2. The lowest BCUT2D eigenvalue weighted by molar-refractivity contribution is -0.161. The van der Waals surface area contributed by atoms with Gasteiger partial charge in [0.25, 0.3) is 5.91 Å². The molecule has 0 radical (unpaired) electrons. The van der Waals surface area contributed by atoms with Crippen LogP contribution in [0.5, 0.6) is 0 Å². The van der Waals surface area contributed by atoms with Gasteiger partial charge < -0.3 is 9.73 Å². The van der Waals surface area contributed by atoms with Crippen LogP contribution >= 0.6 is 0 Å². The van der Waals surface area contributed by atoms with Gasteiger partial charge in [-0.15, -0.1) is 0 Å². The second-order valence-electron chi connectivity index (χ2n) is 8.45. The highest BCUT2D eigenvalue weighted by Gasteiger charge is 2.58. The summed E-state index contributed by atoms with van der Waals surface area (Å²) in [5, 5.41) is 4.18. The number of hydrazine groups is 1. The van der Waals surface area contributed by atoms with Crippen LogP contribution in [0.4, 0.5) is 13.2 Å². The van der Waals surface area contributed by atoms with Gasteiger partial charge in [0, 0.05) is 12.1 Å². The first-order valence-corrected chi connectivity index (χ1v) is 10.4. The van der Waals surface area contributed by atoms with E-state index < -0.39 is 30.2 Å². The summed E-state index contributed by atoms with van der Waals surface area (Å²) in [7, 11) is 0. The molecule has 31 heavy (non-hydrogen) atoms. The Kier molecular flexibility index (Phi) is 4.62. The molecule has 3 aliphatic rings. The number of allylic oxidation sites excluding steroid dienone is 1. The van der Waals surface area contributed by atoms with Crippen molar-refractivity contribution in [1.82, 2.24) is 20.7 Å². The molecule has 1 amide bonds. The highest BCUT2D eigenvalue weighted by molar-refractivity contribution is 6.19. The number of amides is 1. The first kappa shape index (κ1) is 20.1. The Labute approximate surface area is 177 Å². The molecule has 0 saturated carbocycles. The largest absolute Gasteiger partial charge is 0.441 e. The zero-order chi connectivity index (χ0) is 21.9. The Morgan fingerprint density at radius 3 is 2.68 bits per heavy atom. The van der Waals surface area contributed by atoms with Crippen LogP contribution in [0.25, 0.3) is 5.57 Å². The predicted molar refractivity (Wildman–Crippen MR) is 106 cm³/mol. The number of halogens is 3. The van der Waals surface area contributed by atoms with E-state index in [1.807, 2.05) is 13.0 Å². The molecular weight excluding hydrogens is 409 g/mol. The Balaban J connectivity index is 1.55. The normalized spacial score (nSPS) is 26.0. The maximum Gasteiger partial charge on any atom is 0.406 e. The van der Waals surface area contributed by atoms with E-state index in [1.54, 1.807) is 25.1 Å². The minimum atomic E-state index is -4.54. The Hall–Kier alpha value is -2.81. The molecule has 1 aromatic heterocycles. The van der Waals surface area contributed by atoms with Gasteiger partial charge >= 0.3 is 6.18 Å². The van der Waals surface area contributed by atoms with Crippen LogP contribution in [0.15, 0.2) is 34.4 Å². The van der Waals surface area contributed by atoms with E-state index in [2.05, 4.69) is 15.7 Å². The van der Waals surface area contributed by atoms with Crippen molar-refractivity contribution in [3.8, 4) is 0 Å². The number of hydrogen-bond donors (Lipinski definition) is 2. The predicted octanol–water partition coefficient (Wildman–Crippen LogP) is 3.58. The number of fused-ring (bicyclic) bond motifs is 2. The third-order valence-corrected chi connectivity index (χ3v) is 6.27. The van der Waals surface area contributed by atoms with Gasteiger partial charge in [-0.2, -0.15) is 13.2 Å². The number of benzene rings is 1. The van der Waals surface area contributed by atoms with Crippen molar-refractivity contribution in [1.29, 1.82) is 0 Å². The fourth-order valence-electron chi connectivity index (χ4n) is 4.81. The van der Waals surface area contributed by atoms with Gasteiger partial charge in [-0.25, -0.2) is 15.4 Å². The molecule has 0 bridgehead atoms. The topological polar surface area (TPSA) is 70.4 Å². The zero-order valence-electron chi connectivity index (χ0n) is 17.2. The van der Waals surface area contributed by atoms with E-state index in [-0.39, 0.29) is 11.5 Å². The molecule has 2 aliphatic heterocycles. The fourth-order valence-corrected chi connectivity index (χ4v) is 4.81. The molecule has 3 atom stereocenters. The molecule has 1 aliphatic carbocycles. The second-order valence-corrected chi connectivity index (χ2v) is 8.45. The molecule has 1 saturated heterocycles. The summed E-state index contributed by atoms with van der Waals surface area (Å²) in [5.74, 6) is -0.635. The van der Waals surface area contributed by atoms with Crippen molar-refractivity contribution < 1.29 is 22.4 Å². The van der Waals surface area contributed by atoms with Gasteiger partial charge in [-0.1, -0.05) is 29.8 Å². The minimum absolute atomic E-state index is 0.170. The number of aryl methyl sites for hydroxylation is 3. The van der Waals surface area contributed by atoms with Crippen LogP contribution in [0.3, 0.4) is 0 Å². The molecule has 1 aromatic carbocycles. The molecule has 2 aromatic rings. The van der Waals surface area contributed by atoms with Crippen molar-refractivity contribution in [2.45, 2.75) is 63.8 Å². The first-order valence-electron chi connectivity index (χ1n) is 10.4. The monoisotopic (exact) mass is 432 g/mol. The number of hydrogen-bond acceptors (Lipinski definition) is 5. The third-order valence-electron chi connectivity index (χ3n) is 6.27. The number of rotatable bonds is 2. The number of carbonyl (C=O) groups is 1. The Bertz CT molecular complexity index is 1050. The molecule has 3 unspecified atom stereocenters. The van der Waals surface area contributed by atoms with Gasteiger partial charge in [0.05, 0.1) is 11.6 Å². The van der Waals surface area contributed by atoms with Crippen LogP contribution in [0.2, 0.25) is 0 Å². The Morgan fingerprint density at radius 2 is 1.97 bits per heavy atom. The highest BCUT2D eigenvalue weighted by Crippen LogP contribution is 2.42. The van der Waals surface area contributed by atoms with Crippen LogP contribution in [-0.2, 0) is 17.6 Å². The second kappa shape index (κ2) is 7.12. The lowest BCUT2D eigenvalue weighted by atomic mass is 9.88. The van der Waals surface area contributed by atoms with E-state index in [0.29, 0.717) is 11.3 Å². The number of carbonyl (C=O) groups excluding carboxylic acids is 1. The molecular formula is C22H23F3N4O2. The quantitative estimate of drug-likeness (QED) is 0.759. The van der Waals surface area contributed by atoms with Crippen LogP contribution in [-0.4, -0.2) is 34.3 Å². The van der Waals surface area contributed by atoms with Gasteiger partial charge in [0.15, 0.2) is 0 Å². The average molecular weight is 432 g/mol. The molecule has 6 nitrogen and oxygen atoms in total. The first-order chi connectivity index (χ1) is 14.7. The van der Waals surface area contributed by atoms with Gasteiger partial charge in [0.1, 0.15) is 23.5 Å². The molecule has 3 heterocycles. The summed E-state index contributed by atoms with van der Waals surface area (Å²) >= 11 is 0. The highest BCUT2D eigenvalue weighted by atomic mass is 19.4. The summed E-state index contributed by atoms with van der Waals surface area (Å²) in [6.45, 7) is 3.52.